The van der Waals surface area contributed by atoms with Crippen molar-refractivity contribution in [3.63, 3.8) is 0 Å². The molecule has 2 aliphatic rings. The summed E-state index contributed by atoms with van der Waals surface area (Å²) < 4.78 is 0. The Hall–Kier alpha value is -1.32. The lowest BCUT2D eigenvalue weighted by molar-refractivity contribution is -0.131. The van der Waals surface area contributed by atoms with E-state index >= 15 is 0 Å². The van der Waals surface area contributed by atoms with Crippen LogP contribution in [0.5, 0.6) is 0 Å². The zero-order chi connectivity index (χ0) is 9.42. The first-order valence-electron chi connectivity index (χ1n) is 4.44. The number of allylic oxidation sites excluding steroid dienone is 1. The molecule has 1 N–H and O–H groups in total. The second-order valence-electron chi connectivity index (χ2n) is 3.47. The van der Waals surface area contributed by atoms with E-state index in [0.717, 1.165) is 25.3 Å². The number of hydrogen-bond acceptors (Lipinski definition) is 2. The first-order valence-corrected chi connectivity index (χ1v) is 4.44. The van der Waals surface area contributed by atoms with Crippen LogP contribution in [0.3, 0.4) is 0 Å². The fourth-order valence-corrected chi connectivity index (χ4v) is 2.13. The van der Waals surface area contributed by atoms with Crippen LogP contribution >= 0.6 is 0 Å². The van der Waals surface area contributed by atoms with E-state index in [0.29, 0.717) is 12.1 Å². The van der Waals surface area contributed by atoms with Crippen molar-refractivity contribution in [3.05, 3.63) is 11.8 Å². The Morgan fingerprint density at radius 2 is 2.15 bits per heavy atom. The summed E-state index contributed by atoms with van der Waals surface area (Å²) in [5, 5.41) is 8.57. The number of aliphatic carboxylic acids is 1. The standard InChI is InChI=1S/C9H11NO3/c11-8-4-3-6-1-2-7(10(6)8)5-9(12)13/h5-6H,1-4H2,(H,12,13)/b7-5-. The second-order valence-corrected chi connectivity index (χ2v) is 3.47. The molecule has 0 spiro atoms. The van der Waals surface area contributed by atoms with Gasteiger partial charge in [0.25, 0.3) is 0 Å². The molecular formula is C9H11NO3. The summed E-state index contributed by atoms with van der Waals surface area (Å²) in [5.74, 6) is -0.884. The summed E-state index contributed by atoms with van der Waals surface area (Å²) in [6, 6.07) is 0.276. The van der Waals surface area contributed by atoms with E-state index in [1.54, 1.807) is 4.90 Å². The monoisotopic (exact) mass is 181 g/mol. The molecule has 4 nitrogen and oxygen atoms in total. The van der Waals surface area contributed by atoms with Crippen LogP contribution in [0.1, 0.15) is 25.7 Å². The predicted molar refractivity (Wildman–Crippen MR) is 44.8 cm³/mol. The van der Waals surface area contributed by atoms with Gasteiger partial charge in [0.1, 0.15) is 0 Å². The van der Waals surface area contributed by atoms with Gasteiger partial charge in [-0.3, -0.25) is 4.79 Å². The number of carboxylic acids is 1. The number of rotatable bonds is 1. The average molecular weight is 181 g/mol. The highest BCUT2D eigenvalue weighted by Gasteiger charge is 2.38. The summed E-state index contributed by atoms with van der Waals surface area (Å²) in [5.41, 5.74) is 0.681. The maximum absolute atomic E-state index is 11.3. The van der Waals surface area contributed by atoms with Crippen molar-refractivity contribution in [2.24, 2.45) is 0 Å². The summed E-state index contributed by atoms with van der Waals surface area (Å²) in [4.78, 5) is 23.4. The number of carbonyl (C=O) groups is 2. The highest BCUT2D eigenvalue weighted by Crippen LogP contribution is 2.35. The van der Waals surface area contributed by atoms with Gasteiger partial charge in [0.2, 0.25) is 5.91 Å². The molecule has 0 bridgehead atoms. The molecule has 1 atom stereocenters. The molecular weight excluding hydrogens is 170 g/mol. The predicted octanol–water partition coefficient (Wildman–Crippen LogP) is 0.740. The van der Waals surface area contributed by atoms with Crippen LogP contribution in [0.15, 0.2) is 11.8 Å². The van der Waals surface area contributed by atoms with Crippen LogP contribution in [0, 0.1) is 0 Å². The number of carbonyl (C=O) groups excluding carboxylic acids is 1. The second kappa shape index (κ2) is 2.87. The Balaban J connectivity index is 2.24. The van der Waals surface area contributed by atoms with E-state index in [-0.39, 0.29) is 11.9 Å². The van der Waals surface area contributed by atoms with Gasteiger partial charge in [-0.25, -0.2) is 4.79 Å². The number of nitrogens with zero attached hydrogens (tertiary/aromatic N) is 1. The molecule has 13 heavy (non-hydrogen) atoms. The Morgan fingerprint density at radius 3 is 2.85 bits per heavy atom. The first kappa shape index (κ1) is 8.29. The molecule has 1 unspecified atom stereocenters. The zero-order valence-corrected chi connectivity index (χ0v) is 7.19. The van der Waals surface area contributed by atoms with Crippen molar-refractivity contribution in [2.75, 3.05) is 0 Å². The average Bonchev–Trinajstić information content (AvgIpc) is 2.56. The smallest absolute Gasteiger partial charge is 0.330 e. The zero-order valence-electron chi connectivity index (χ0n) is 7.19. The van der Waals surface area contributed by atoms with Gasteiger partial charge in [-0.1, -0.05) is 0 Å². The fraction of sp³-hybridized carbons (Fsp3) is 0.556. The lowest BCUT2D eigenvalue weighted by Crippen LogP contribution is -2.25. The Kier molecular flexibility index (Phi) is 1.83. The highest BCUT2D eigenvalue weighted by atomic mass is 16.4. The van der Waals surface area contributed by atoms with Crippen molar-refractivity contribution in [1.29, 1.82) is 0 Å². The van der Waals surface area contributed by atoms with Gasteiger partial charge in [0.15, 0.2) is 0 Å². The van der Waals surface area contributed by atoms with Crippen molar-refractivity contribution in [3.8, 4) is 0 Å². The summed E-state index contributed by atoms with van der Waals surface area (Å²) in [6.45, 7) is 0. The molecule has 2 saturated heterocycles. The normalized spacial score (nSPS) is 29.8. The minimum atomic E-state index is -0.963. The molecule has 0 radical (unpaired) electrons. The summed E-state index contributed by atoms with van der Waals surface area (Å²) in [7, 11) is 0. The van der Waals surface area contributed by atoms with Crippen LogP contribution in [0.2, 0.25) is 0 Å². The van der Waals surface area contributed by atoms with Gasteiger partial charge in [-0.05, 0) is 19.3 Å². The summed E-state index contributed by atoms with van der Waals surface area (Å²) >= 11 is 0. The van der Waals surface area contributed by atoms with Crippen LogP contribution in [-0.4, -0.2) is 27.9 Å². The molecule has 70 valence electrons. The molecule has 2 fully saturated rings. The van der Waals surface area contributed by atoms with Crippen LogP contribution in [0.4, 0.5) is 0 Å². The third-order valence-corrected chi connectivity index (χ3v) is 2.66. The van der Waals surface area contributed by atoms with Gasteiger partial charge in [0, 0.05) is 24.2 Å². The minimum absolute atomic E-state index is 0.0787. The maximum atomic E-state index is 11.3. The Labute approximate surface area is 75.8 Å². The van der Waals surface area contributed by atoms with E-state index in [4.69, 9.17) is 5.11 Å². The minimum Gasteiger partial charge on any atom is -0.478 e. The molecule has 4 heteroatoms. The molecule has 2 heterocycles. The molecule has 1 amide bonds. The molecule has 0 aliphatic carbocycles. The van der Waals surface area contributed by atoms with Gasteiger partial charge in [-0.15, -0.1) is 0 Å². The molecule has 0 saturated carbocycles. The number of fused-ring (bicyclic) bond motifs is 1. The fourth-order valence-electron chi connectivity index (χ4n) is 2.13. The van der Waals surface area contributed by atoms with Gasteiger partial charge >= 0.3 is 5.97 Å². The van der Waals surface area contributed by atoms with Crippen molar-refractivity contribution < 1.29 is 14.7 Å². The molecule has 0 aromatic heterocycles. The quantitative estimate of drug-likeness (QED) is 0.607. The number of hydrogen-bond donors (Lipinski definition) is 1. The van der Waals surface area contributed by atoms with E-state index in [1.165, 1.54) is 0 Å². The highest BCUT2D eigenvalue weighted by molar-refractivity contribution is 5.85. The van der Waals surface area contributed by atoms with Gasteiger partial charge < -0.3 is 10.0 Å². The third-order valence-electron chi connectivity index (χ3n) is 2.66. The van der Waals surface area contributed by atoms with E-state index in [2.05, 4.69) is 0 Å². The first-order chi connectivity index (χ1) is 6.18. The Morgan fingerprint density at radius 1 is 1.46 bits per heavy atom. The van der Waals surface area contributed by atoms with Crippen LogP contribution < -0.4 is 0 Å². The number of amides is 1. The number of carboxylic acid groups (broad SMARTS) is 1. The summed E-state index contributed by atoms with van der Waals surface area (Å²) in [6.07, 6.45) is 4.26. The Bertz CT molecular complexity index is 295. The topological polar surface area (TPSA) is 57.6 Å². The molecule has 0 aromatic rings. The van der Waals surface area contributed by atoms with E-state index in [1.807, 2.05) is 0 Å². The molecule has 2 aliphatic heterocycles. The molecule has 2 rings (SSSR count). The lowest BCUT2D eigenvalue weighted by atomic mass is 10.1. The van der Waals surface area contributed by atoms with E-state index < -0.39 is 5.97 Å². The van der Waals surface area contributed by atoms with Crippen LogP contribution in [-0.2, 0) is 9.59 Å². The van der Waals surface area contributed by atoms with Crippen molar-refractivity contribution >= 4 is 11.9 Å². The van der Waals surface area contributed by atoms with Crippen molar-refractivity contribution in [1.82, 2.24) is 4.90 Å². The van der Waals surface area contributed by atoms with Gasteiger partial charge in [-0.2, -0.15) is 0 Å². The lowest BCUT2D eigenvalue weighted by Gasteiger charge is -2.16. The molecule has 0 aromatic carbocycles. The maximum Gasteiger partial charge on any atom is 0.330 e. The van der Waals surface area contributed by atoms with E-state index in [9.17, 15) is 9.59 Å². The van der Waals surface area contributed by atoms with Crippen molar-refractivity contribution in [2.45, 2.75) is 31.7 Å². The van der Waals surface area contributed by atoms with Crippen LogP contribution in [0.25, 0.3) is 0 Å². The van der Waals surface area contributed by atoms with Gasteiger partial charge in [0.05, 0.1) is 0 Å². The largest absolute Gasteiger partial charge is 0.478 e. The third kappa shape index (κ3) is 1.32. The SMILES string of the molecule is O=C(O)/C=C1/CCC2CCC(=O)N12.